The summed E-state index contributed by atoms with van der Waals surface area (Å²) in [7, 11) is 0. The van der Waals surface area contributed by atoms with Crippen LogP contribution in [0.25, 0.3) is 0 Å². The van der Waals surface area contributed by atoms with Crippen LogP contribution in [0, 0.1) is 0 Å². The Morgan fingerprint density at radius 2 is 2.12 bits per heavy atom. The molecule has 2 rings (SSSR count). The van der Waals surface area contributed by atoms with Gasteiger partial charge in [0.15, 0.2) is 5.82 Å². The molecule has 0 aliphatic rings. The Balaban J connectivity index is 2.28. The van der Waals surface area contributed by atoms with E-state index >= 15 is 0 Å². The molecule has 0 unspecified atom stereocenters. The zero-order chi connectivity index (χ0) is 11.5. The molecule has 1 aromatic heterocycles. The van der Waals surface area contributed by atoms with Crippen LogP contribution in [0.3, 0.4) is 0 Å². The first-order valence-corrected chi connectivity index (χ1v) is 5.76. The molecule has 0 radical (unpaired) electrons. The van der Waals surface area contributed by atoms with Crippen molar-refractivity contribution in [2.45, 2.75) is 0 Å². The topological polar surface area (TPSA) is 50.9 Å². The molecule has 0 atom stereocenters. The maximum absolute atomic E-state index is 5.98. The van der Waals surface area contributed by atoms with Crippen molar-refractivity contribution in [3.63, 3.8) is 0 Å². The minimum Gasteiger partial charge on any atom is -0.396 e. The van der Waals surface area contributed by atoms with Crippen LogP contribution >= 0.6 is 27.5 Å². The smallest absolute Gasteiger partial charge is 0.153 e. The lowest BCUT2D eigenvalue weighted by Crippen LogP contribution is -1.98. The molecular weight excluding hydrogens is 289 g/mol. The summed E-state index contributed by atoms with van der Waals surface area (Å²) in [4.78, 5) is 4.13. The highest BCUT2D eigenvalue weighted by molar-refractivity contribution is 9.10. The number of hydrogen-bond acceptors (Lipinski definition) is 3. The molecule has 2 aromatic rings. The van der Waals surface area contributed by atoms with Crippen molar-refractivity contribution < 1.29 is 0 Å². The number of anilines is 3. The molecule has 0 saturated carbocycles. The van der Waals surface area contributed by atoms with Crippen LogP contribution in [0.1, 0.15) is 0 Å². The lowest BCUT2D eigenvalue weighted by molar-refractivity contribution is 1.31. The third kappa shape index (κ3) is 2.46. The number of nitrogens with two attached hydrogens (primary N) is 1. The molecule has 82 valence electrons. The number of nitrogen functional groups attached to an aromatic ring is 1. The van der Waals surface area contributed by atoms with Gasteiger partial charge < -0.3 is 11.1 Å². The van der Waals surface area contributed by atoms with Gasteiger partial charge >= 0.3 is 0 Å². The van der Waals surface area contributed by atoms with Gasteiger partial charge in [-0.25, -0.2) is 4.98 Å². The highest BCUT2D eigenvalue weighted by Crippen LogP contribution is 2.27. The normalized spacial score (nSPS) is 10.1. The van der Waals surface area contributed by atoms with Crippen molar-refractivity contribution in [2.24, 2.45) is 0 Å². The van der Waals surface area contributed by atoms with E-state index in [1.165, 1.54) is 0 Å². The highest BCUT2D eigenvalue weighted by Gasteiger charge is 2.02. The molecule has 0 aliphatic heterocycles. The minimum atomic E-state index is 0.599. The summed E-state index contributed by atoms with van der Waals surface area (Å²) in [6, 6.07) is 9.14. The van der Waals surface area contributed by atoms with Gasteiger partial charge in [0.25, 0.3) is 0 Å². The first-order valence-electron chi connectivity index (χ1n) is 4.59. The van der Waals surface area contributed by atoms with Gasteiger partial charge in [-0.3, -0.25) is 0 Å². The van der Waals surface area contributed by atoms with Gasteiger partial charge in [0, 0.05) is 16.4 Å². The molecular formula is C11H9BrClN3. The fourth-order valence-corrected chi connectivity index (χ4v) is 1.66. The molecule has 0 saturated heterocycles. The highest BCUT2D eigenvalue weighted by atomic mass is 79.9. The first kappa shape index (κ1) is 11.2. The molecule has 16 heavy (non-hydrogen) atoms. The van der Waals surface area contributed by atoms with Crippen LogP contribution in [-0.4, -0.2) is 4.98 Å². The number of benzene rings is 1. The average Bonchev–Trinajstić information content (AvgIpc) is 2.27. The van der Waals surface area contributed by atoms with Crippen LogP contribution in [0.15, 0.2) is 41.0 Å². The average molecular weight is 299 g/mol. The maximum atomic E-state index is 5.98. The molecule has 5 heteroatoms. The summed E-state index contributed by atoms with van der Waals surface area (Å²) in [6.07, 6.45) is 1.68. The predicted octanol–water partition coefficient (Wildman–Crippen LogP) is 3.82. The van der Waals surface area contributed by atoms with Gasteiger partial charge in [-0.05, 0) is 46.3 Å². The van der Waals surface area contributed by atoms with Crippen molar-refractivity contribution in [3.05, 3.63) is 46.0 Å². The SMILES string of the molecule is Nc1cccnc1Nc1ccc(Br)c(Cl)c1. The van der Waals surface area contributed by atoms with Crippen molar-refractivity contribution in [3.8, 4) is 0 Å². The van der Waals surface area contributed by atoms with Crippen LogP contribution in [0.4, 0.5) is 17.2 Å². The van der Waals surface area contributed by atoms with E-state index < -0.39 is 0 Å². The number of hydrogen-bond donors (Lipinski definition) is 2. The third-order valence-corrected chi connectivity index (χ3v) is 3.25. The third-order valence-electron chi connectivity index (χ3n) is 2.02. The second kappa shape index (κ2) is 4.72. The Hall–Kier alpha value is -1.26. The molecule has 0 fully saturated rings. The van der Waals surface area contributed by atoms with Crippen molar-refractivity contribution in [1.29, 1.82) is 0 Å². The number of nitrogens with zero attached hydrogens (tertiary/aromatic N) is 1. The molecule has 0 aliphatic carbocycles. The number of rotatable bonds is 2. The summed E-state index contributed by atoms with van der Waals surface area (Å²) in [6.45, 7) is 0. The van der Waals surface area contributed by atoms with E-state index in [0.717, 1.165) is 10.2 Å². The van der Waals surface area contributed by atoms with Gasteiger partial charge in [-0.2, -0.15) is 0 Å². The zero-order valence-corrected chi connectivity index (χ0v) is 10.6. The van der Waals surface area contributed by atoms with Gasteiger partial charge in [0.05, 0.1) is 10.7 Å². The van der Waals surface area contributed by atoms with Gasteiger partial charge in [-0.1, -0.05) is 11.6 Å². The Kier molecular flexibility index (Phi) is 3.31. The van der Waals surface area contributed by atoms with E-state index in [1.54, 1.807) is 24.4 Å². The monoisotopic (exact) mass is 297 g/mol. The fourth-order valence-electron chi connectivity index (χ4n) is 1.23. The first-order chi connectivity index (χ1) is 7.66. The fraction of sp³-hybridized carbons (Fsp3) is 0. The standard InChI is InChI=1S/C11H9BrClN3/c12-8-4-3-7(6-9(8)13)16-11-10(14)2-1-5-15-11/h1-6H,14H2,(H,15,16). The Morgan fingerprint density at radius 3 is 2.81 bits per heavy atom. The van der Waals surface area contributed by atoms with Gasteiger partial charge in [0.1, 0.15) is 0 Å². The molecule has 0 amide bonds. The quantitative estimate of drug-likeness (QED) is 0.886. The Labute approximate surface area is 107 Å². The lowest BCUT2D eigenvalue weighted by Gasteiger charge is -2.08. The van der Waals surface area contributed by atoms with E-state index in [4.69, 9.17) is 17.3 Å². The van der Waals surface area contributed by atoms with Crippen molar-refractivity contribution in [1.82, 2.24) is 4.98 Å². The second-order valence-corrected chi connectivity index (χ2v) is 4.46. The molecule has 0 bridgehead atoms. The van der Waals surface area contributed by atoms with E-state index in [1.807, 2.05) is 12.1 Å². The summed E-state index contributed by atoms with van der Waals surface area (Å²) in [5.41, 5.74) is 7.21. The number of halogens is 2. The van der Waals surface area contributed by atoms with Crippen LogP contribution < -0.4 is 11.1 Å². The van der Waals surface area contributed by atoms with E-state index in [-0.39, 0.29) is 0 Å². The number of aromatic nitrogens is 1. The van der Waals surface area contributed by atoms with Gasteiger partial charge in [-0.15, -0.1) is 0 Å². The van der Waals surface area contributed by atoms with E-state index in [0.29, 0.717) is 16.5 Å². The van der Waals surface area contributed by atoms with E-state index in [2.05, 4.69) is 26.2 Å². The number of nitrogens with one attached hydrogen (secondary N) is 1. The summed E-state index contributed by atoms with van der Waals surface area (Å²) < 4.78 is 0.855. The summed E-state index contributed by atoms with van der Waals surface area (Å²) in [5, 5.41) is 3.74. The molecule has 3 nitrogen and oxygen atoms in total. The Morgan fingerprint density at radius 1 is 1.31 bits per heavy atom. The molecule has 1 aromatic carbocycles. The summed E-state index contributed by atoms with van der Waals surface area (Å²) >= 11 is 9.31. The molecule has 3 N–H and O–H groups in total. The molecule has 0 spiro atoms. The largest absolute Gasteiger partial charge is 0.396 e. The summed E-state index contributed by atoms with van der Waals surface area (Å²) in [5.74, 6) is 0.626. The van der Waals surface area contributed by atoms with Crippen LogP contribution in [-0.2, 0) is 0 Å². The number of pyridine rings is 1. The lowest BCUT2D eigenvalue weighted by atomic mass is 10.3. The van der Waals surface area contributed by atoms with E-state index in [9.17, 15) is 0 Å². The zero-order valence-electron chi connectivity index (χ0n) is 8.24. The maximum Gasteiger partial charge on any atom is 0.153 e. The van der Waals surface area contributed by atoms with Crippen molar-refractivity contribution in [2.75, 3.05) is 11.1 Å². The Bertz CT molecular complexity index is 516. The predicted molar refractivity (Wildman–Crippen MR) is 71.1 cm³/mol. The van der Waals surface area contributed by atoms with Crippen molar-refractivity contribution >= 4 is 44.7 Å². The van der Waals surface area contributed by atoms with Crippen LogP contribution in [0.5, 0.6) is 0 Å². The minimum absolute atomic E-state index is 0.599. The van der Waals surface area contributed by atoms with Crippen LogP contribution in [0.2, 0.25) is 5.02 Å². The van der Waals surface area contributed by atoms with Gasteiger partial charge in [0.2, 0.25) is 0 Å². The second-order valence-electron chi connectivity index (χ2n) is 3.20. The molecule has 1 heterocycles.